The van der Waals surface area contributed by atoms with Gasteiger partial charge in [-0.25, -0.2) is 0 Å². The number of halogens is 1. The summed E-state index contributed by atoms with van der Waals surface area (Å²) in [4.78, 5) is 58.7. The van der Waals surface area contributed by atoms with Crippen LogP contribution in [0.25, 0.3) is 0 Å². The van der Waals surface area contributed by atoms with E-state index in [1.165, 1.54) is 0 Å². The highest BCUT2D eigenvalue weighted by atomic mass is 79.9. The number of esters is 1. The van der Waals surface area contributed by atoms with Gasteiger partial charge in [-0.2, -0.15) is 0 Å². The Morgan fingerprint density at radius 1 is 1.14 bits per heavy atom. The molecule has 3 amide bonds. The van der Waals surface area contributed by atoms with E-state index < -0.39 is 47.5 Å². The summed E-state index contributed by atoms with van der Waals surface area (Å²) in [7, 11) is 1.56. The molecule has 49 heavy (non-hydrogen) atoms. The number of methoxy groups -OCH3 is 1. The number of ether oxygens (including phenoxy) is 3. The molecular weight excluding hydrogens is 694 g/mol. The number of amides is 3. The van der Waals surface area contributed by atoms with Gasteiger partial charge in [0.1, 0.15) is 24.0 Å². The number of hydrogen-bond acceptors (Lipinski definition) is 8. The number of fused-ring (bicyclic) bond motifs is 1. The van der Waals surface area contributed by atoms with Crippen LogP contribution in [0.4, 0.5) is 5.69 Å². The topological polar surface area (TPSA) is 135 Å². The zero-order valence-corrected chi connectivity index (χ0v) is 29.3. The highest BCUT2D eigenvalue weighted by Crippen LogP contribution is 2.60. The molecule has 2 bridgehead atoms. The first kappa shape index (κ1) is 36.3. The normalized spacial score (nSPS) is 25.7. The maximum absolute atomic E-state index is 14.7. The van der Waals surface area contributed by atoms with Gasteiger partial charge < -0.3 is 34.4 Å². The number of anilines is 1. The molecular formula is C37H44BrN3O8. The van der Waals surface area contributed by atoms with E-state index >= 15 is 0 Å². The first-order chi connectivity index (χ1) is 23.7. The molecule has 1 unspecified atom stereocenters. The number of aliphatic hydroxyl groups is 1. The highest BCUT2D eigenvalue weighted by Gasteiger charge is 2.76. The smallest absolute Gasteiger partial charge is 0.306 e. The lowest BCUT2D eigenvalue weighted by atomic mass is 9.70. The van der Waals surface area contributed by atoms with Crippen LogP contribution in [0.3, 0.4) is 0 Å². The van der Waals surface area contributed by atoms with Gasteiger partial charge in [-0.3, -0.25) is 19.2 Å². The Morgan fingerprint density at radius 3 is 2.53 bits per heavy atom. The zero-order valence-electron chi connectivity index (χ0n) is 27.7. The third kappa shape index (κ3) is 7.32. The molecule has 2 aromatic carbocycles. The second-order valence-electron chi connectivity index (χ2n) is 12.5. The maximum atomic E-state index is 14.7. The Hall–Kier alpha value is -4.00. The summed E-state index contributed by atoms with van der Waals surface area (Å²) in [6.45, 7) is 7.73. The fraction of sp³-hybridized carbons (Fsp3) is 0.459. The van der Waals surface area contributed by atoms with Gasteiger partial charge in [0.25, 0.3) is 5.91 Å². The van der Waals surface area contributed by atoms with Gasteiger partial charge in [0.05, 0.1) is 31.1 Å². The van der Waals surface area contributed by atoms with E-state index in [-0.39, 0.29) is 49.4 Å². The molecule has 262 valence electrons. The molecule has 3 saturated heterocycles. The Kier molecular flexibility index (Phi) is 12.0. The van der Waals surface area contributed by atoms with Crippen molar-refractivity contribution in [1.82, 2.24) is 10.2 Å². The standard InChI is InChI=1S/C37H44BrN3O8/c1-4-6-14-29(43)48-23-28(24-12-8-7-9-13-24)39-34(44)30-31-35(45)41(20-10-11-21-42)33(37(31)22-27(38)32(30)49-37)36(46)40(19-5-2)25-15-17-26(47-3)18-16-25/h4-5,7-9,12-13,15-18,27-28,30-33,42H,1-2,6,10-11,14,19-23H2,3H3,(H,39,44)/t27?,28-,30+,31-,32+,33+,37-/m1/s1. The number of nitrogens with one attached hydrogen (secondary N) is 1. The Morgan fingerprint density at radius 2 is 1.88 bits per heavy atom. The van der Waals surface area contributed by atoms with Crippen molar-refractivity contribution in [2.45, 2.75) is 60.7 Å². The fourth-order valence-electron chi connectivity index (χ4n) is 7.35. The summed E-state index contributed by atoms with van der Waals surface area (Å²) in [5.74, 6) is -2.73. The van der Waals surface area contributed by atoms with E-state index in [2.05, 4.69) is 34.4 Å². The average Bonchev–Trinajstić information content (AvgIpc) is 3.71. The van der Waals surface area contributed by atoms with Gasteiger partial charge in [-0.1, -0.05) is 58.4 Å². The second-order valence-corrected chi connectivity index (χ2v) is 13.7. The molecule has 0 aromatic heterocycles. The fourth-order valence-corrected chi connectivity index (χ4v) is 8.29. The summed E-state index contributed by atoms with van der Waals surface area (Å²) in [5, 5.41) is 12.6. The number of rotatable bonds is 17. The lowest BCUT2D eigenvalue weighted by molar-refractivity contribution is -0.145. The largest absolute Gasteiger partial charge is 0.497 e. The molecule has 3 aliphatic heterocycles. The van der Waals surface area contributed by atoms with Crippen molar-refractivity contribution in [1.29, 1.82) is 0 Å². The lowest BCUT2D eigenvalue weighted by Gasteiger charge is -2.37. The number of likely N-dealkylation sites (tertiary alicyclic amines) is 1. The van der Waals surface area contributed by atoms with Gasteiger partial charge >= 0.3 is 5.97 Å². The third-order valence-electron chi connectivity index (χ3n) is 9.58. The molecule has 0 aliphatic carbocycles. The van der Waals surface area contributed by atoms with Crippen LogP contribution in [0.5, 0.6) is 5.75 Å². The van der Waals surface area contributed by atoms with Crippen molar-refractivity contribution in [2.75, 3.05) is 38.3 Å². The van der Waals surface area contributed by atoms with Crippen LogP contribution in [0.2, 0.25) is 0 Å². The van der Waals surface area contributed by atoms with E-state index in [1.807, 2.05) is 30.3 Å². The number of hydrogen-bond donors (Lipinski definition) is 2. The number of allylic oxidation sites excluding steroid dienone is 1. The molecule has 2 aromatic rings. The van der Waals surface area contributed by atoms with Crippen LogP contribution in [0, 0.1) is 11.8 Å². The quantitative estimate of drug-likeness (QED) is 0.107. The van der Waals surface area contributed by atoms with Crippen LogP contribution in [0.15, 0.2) is 79.9 Å². The Labute approximate surface area is 295 Å². The van der Waals surface area contributed by atoms with Crippen molar-refractivity contribution in [2.24, 2.45) is 11.8 Å². The zero-order chi connectivity index (χ0) is 35.1. The van der Waals surface area contributed by atoms with Gasteiger partial charge in [0.2, 0.25) is 11.8 Å². The van der Waals surface area contributed by atoms with E-state index in [0.717, 1.165) is 5.56 Å². The van der Waals surface area contributed by atoms with Crippen LogP contribution in [-0.2, 0) is 28.7 Å². The number of carbonyl (C=O) groups excluding carboxylic acids is 4. The monoisotopic (exact) mass is 737 g/mol. The average molecular weight is 739 g/mol. The molecule has 7 atom stereocenters. The van der Waals surface area contributed by atoms with Crippen molar-refractivity contribution in [3.05, 3.63) is 85.5 Å². The van der Waals surface area contributed by atoms with Gasteiger partial charge in [-0.05, 0) is 55.5 Å². The minimum atomic E-state index is -1.28. The van der Waals surface area contributed by atoms with Crippen LogP contribution >= 0.6 is 15.9 Å². The van der Waals surface area contributed by atoms with Crippen LogP contribution in [0.1, 0.15) is 43.7 Å². The number of nitrogens with zero attached hydrogens (tertiary/aromatic N) is 2. The summed E-state index contributed by atoms with van der Waals surface area (Å²) in [6.07, 6.45) is 4.47. The number of aliphatic hydroxyl groups excluding tert-OH is 1. The van der Waals surface area contributed by atoms with E-state index in [0.29, 0.717) is 37.1 Å². The molecule has 5 rings (SSSR count). The number of carbonyl (C=O) groups is 4. The van der Waals surface area contributed by atoms with Crippen LogP contribution in [-0.4, -0.2) is 89.7 Å². The maximum Gasteiger partial charge on any atom is 0.306 e. The van der Waals surface area contributed by atoms with E-state index in [4.69, 9.17) is 14.2 Å². The highest BCUT2D eigenvalue weighted by molar-refractivity contribution is 9.09. The van der Waals surface area contributed by atoms with Crippen molar-refractivity contribution >= 4 is 45.3 Å². The first-order valence-corrected chi connectivity index (χ1v) is 17.5. The summed E-state index contributed by atoms with van der Waals surface area (Å²) in [5.41, 5.74) is 0.0518. The SMILES string of the molecule is C=CCCC(=O)OC[C@@H](NC(=O)[C@@H]1[C@H]2O[C@@]3(CC2Br)[C@H](C(=O)N(CC=C)c2ccc(OC)cc2)N(CCCCO)C(=O)[C@@H]13)c1ccccc1. The van der Waals surface area contributed by atoms with Gasteiger partial charge in [-0.15, -0.1) is 13.2 Å². The molecule has 0 radical (unpaired) electrons. The Balaban J connectivity index is 1.47. The Bertz CT molecular complexity index is 1520. The van der Waals surface area contributed by atoms with E-state index in [9.17, 15) is 24.3 Å². The summed E-state index contributed by atoms with van der Waals surface area (Å²) in [6, 6.07) is 14.5. The molecule has 3 fully saturated rings. The van der Waals surface area contributed by atoms with Crippen molar-refractivity contribution < 1.29 is 38.5 Å². The first-order valence-electron chi connectivity index (χ1n) is 16.6. The molecule has 12 heteroatoms. The minimum Gasteiger partial charge on any atom is -0.497 e. The van der Waals surface area contributed by atoms with Gasteiger partial charge in [0.15, 0.2) is 0 Å². The number of alkyl halides is 1. The number of benzene rings is 2. The molecule has 3 aliphatic rings. The van der Waals surface area contributed by atoms with Crippen molar-refractivity contribution in [3.63, 3.8) is 0 Å². The molecule has 0 saturated carbocycles. The van der Waals surface area contributed by atoms with Gasteiger partial charge in [0, 0.05) is 36.6 Å². The summed E-state index contributed by atoms with van der Waals surface area (Å²) < 4.78 is 17.5. The lowest BCUT2D eigenvalue weighted by Crippen LogP contribution is -2.57. The van der Waals surface area contributed by atoms with E-state index in [1.54, 1.807) is 53.3 Å². The second kappa shape index (κ2) is 16.1. The minimum absolute atomic E-state index is 0.0598. The summed E-state index contributed by atoms with van der Waals surface area (Å²) >= 11 is 3.73. The molecule has 2 N–H and O–H groups in total. The number of unbranched alkanes of at least 4 members (excludes halogenated alkanes) is 1. The molecule has 1 spiro atoms. The molecule has 11 nitrogen and oxygen atoms in total. The third-order valence-corrected chi connectivity index (χ3v) is 10.4. The predicted molar refractivity (Wildman–Crippen MR) is 187 cm³/mol. The van der Waals surface area contributed by atoms with Crippen LogP contribution < -0.4 is 15.0 Å². The van der Waals surface area contributed by atoms with Crippen molar-refractivity contribution in [3.8, 4) is 5.75 Å². The molecule has 3 heterocycles. The predicted octanol–water partition coefficient (Wildman–Crippen LogP) is 4.10.